The maximum absolute atomic E-state index is 2.50. The Kier molecular flexibility index (Phi) is 12.6. The highest BCUT2D eigenvalue weighted by Crippen LogP contribution is 2.71. The van der Waals surface area contributed by atoms with E-state index in [0.717, 1.165) is 19.3 Å². The predicted molar refractivity (Wildman–Crippen MR) is 373 cm³/mol. The lowest BCUT2D eigenvalue weighted by Gasteiger charge is -2.39. The zero-order valence-corrected chi connectivity index (χ0v) is 50.3. The van der Waals surface area contributed by atoms with Crippen LogP contribution < -0.4 is 0 Å². The first-order chi connectivity index (χ1) is 43.9. The molecular weight excluding hydrogens is 1070 g/mol. The van der Waals surface area contributed by atoms with Gasteiger partial charge in [0.15, 0.2) is 0 Å². The van der Waals surface area contributed by atoms with Gasteiger partial charge in [0.2, 0.25) is 0 Å². The fourth-order valence-corrected chi connectivity index (χ4v) is 16.4. The Morgan fingerprint density at radius 2 is 0.820 bits per heavy atom. The molecule has 0 nitrogen and oxygen atoms in total. The van der Waals surface area contributed by atoms with E-state index in [0.29, 0.717) is 0 Å². The van der Waals surface area contributed by atoms with Crippen LogP contribution in [-0.2, 0) is 17.3 Å². The standard InChI is InChI=1S/C89H66/c1-88(2)80-29-15-12-25-73(80)76-54-53-71(56-84(76)88)65-35-33-58(34-36-65)55-77(67-43-37-62(38-44-67)59-19-6-3-7-20-59)68-49-47-66(48-50-68)72-28-18-32-83-86(72)79-57-78(69-45-39-63(40-46-69)60-21-8-4-9-22-60)85(70-51-41-64(42-52-70)61-23-10-5-11-24-61)87(79)89(83)81-30-16-13-26-74(81)75-27-14-17-31-82(75)89/h3-30,32-54,56,77,82H,31,55,57H2,1-2H3. The van der Waals surface area contributed by atoms with Crippen LogP contribution in [-0.4, -0.2) is 0 Å². The van der Waals surface area contributed by atoms with Gasteiger partial charge in [-0.25, -0.2) is 0 Å². The Balaban J connectivity index is 0.785. The van der Waals surface area contributed by atoms with Crippen molar-refractivity contribution >= 4 is 22.3 Å². The van der Waals surface area contributed by atoms with Crippen molar-refractivity contribution in [3.05, 3.63) is 382 Å². The van der Waals surface area contributed by atoms with Gasteiger partial charge in [0.05, 0.1) is 5.41 Å². The number of hydrogen-bond acceptors (Lipinski definition) is 0. The topological polar surface area (TPSA) is 0 Å². The number of benzene rings is 12. The third kappa shape index (κ3) is 8.56. The van der Waals surface area contributed by atoms with E-state index in [1.807, 2.05) is 0 Å². The van der Waals surface area contributed by atoms with Crippen molar-refractivity contribution in [3.8, 4) is 66.8 Å². The average molecular weight is 1140 g/mol. The monoisotopic (exact) mass is 1130 g/mol. The van der Waals surface area contributed by atoms with Crippen molar-refractivity contribution in [2.45, 2.75) is 49.9 Å². The van der Waals surface area contributed by atoms with Crippen LogP contribution in [0.3, 0.4) is 0 Å². The minimum absolute atomic E-state index is 0.0474. The van der Waals surface area contributed by atoms with Crippen LogP contribution >= 0.6 is 0 Å². The van der Waals surface area contributed by atoms with Gasteiger partial charge in [-0.1, -0.05) is 323 Å². The van der Waals surface area contributed by atoms with Crippen LogP contribution in [0.15, 0.2) is 321 Å². The molecule has 3 atom stereocenters. The fraction of sp³-hybridized carbons (Fsp3) is 0.101. The molecule has 3 unspecified atom stereocenters. The zero-order chi connectivity index (χ0) is 59.2. The first kappa shape index (κ1) is 52.9. The summed E-state index contributed by atoms with van der Waals surface area (Å²) in [5.41, 5.74) is 36.8. The van der Waals surface area contributed by atoms with Crippen molar-refractivity contribution in [1.29, 1.82) is 0 Å². The van der Waals surface area contributed by atoms with Gasteiger partial charge in [-0.15, -0.1) is 0 Å². The second-order valence-electron chi connectivity index (χ2n) is 25.7. The number of fused-ring (bicyclic) bond motifs is 12. The Hall–Kier alpha value is -10.4. The number of allylic oxidation sites excluding steroid dienone is 8. The van der Waals surface area contributed by atoms with E-state index in [1.165, 1.54) is 156 Å². The lowest BCUT2D eigenvalue weighted by molar-refractivity contribution is 0.494. The van der Waals surface area contributed by atoms with Gasteiger partial charge in [0, 0.05) is 17.3 Å². The normalized spacial score (nSPS) is 17.4. The van der Waals surface area contributed by atoms with Gasteiger partial charge in [0.1, 0.15) is 0 Å². The number of hydrogen-bond donors (Lipinski definition) is 0. The maximum atomic E-state index is 2.50. The lowest BCUT2D eigenvalue weighted by Crippen LogP contribution is -2.34. The molecular formula is C89H66. The van der Waals surface area contributed by atoms with E-state index in [2.05, 4.69) is 329 Å². The van der Waals surface area contributed by atoms with Gasteiger partial charge in [-0.3, -0.25) is 0 Å². The van der Waals surface area contributed by atoms with E-state index in [1.54, 1.807) is 0 Å². The van der Waals surface area contributed by atoms with E-state index in [9.17, 15) is 0 Å². The predicted octanol–water partition coefficient (Wildman–Crippen LogP) is 22.7. The molecule has 12 aromatic carbocycles. The summed E-state index contributed by atoms with van der Waals surface area (Å²) in [5.74, 6) is 0.358. The Morgan fingerprint density at radius 3 is 1.45 bits per heavy atom. The Labute approximate surface area is 523 Å². The first-order valence-corrected chi connectivity index (χ1v) is 31.9. The molecule has 0 N–H and O–H groups in total. The highest BCUT2D eigenvalue weighted by atomic mass is 14.6. The summed E-state index contributed by atoms with van der Waals surface area (Å²) in [6.45, 7) is 4.74. The highest BCUT2D eigenvalue weighted by molar-refractivity contribution is 6.17. The molecule has 0 radical (unpaired) electrons. The second-order valence-corrected chi connectivity index (χ2v) is 25.7. The van der Waals surface area contributed by atoms with E-state index >= 15 is 0 Å². The van der Waals surface area contributed by atoms with Crippen LogP contribution in [0.1, 0.15) is 93.8 Å². The molecule has 422 valence electrons. The van der Waals surface area contributed by atoms with Crippen LogP contribution in [0.5, 0.6) is 0 Å². The molecule has 0 heterocycles. The molecule has 0 aromatic heterocycles. The van der Waals surface area contributed by atoms with Crippen LogP contribution in [0.25, 0.3) is 89.1 Å². The number of rotatable bonds is 11. The third-order valence-corrected chi connectivity index (χ3v) is 20.7. The zero-order valence-electron chi connectivity index (χ0n) is 50.3. The van der Waals surface area contributed by atoms with Gasteiger partial charge in [-0.05, 0) is 181 Å². The van der Waals surface area contributed by atoms with Crippen LogP contribution in [0.4, 0.5) is 0 Å². The molecule has 5 aliphatic carbocycles. The summed E-state index contributed by atoms with van der Waals surface area (Å²) in [6, 6.07) is 113. The lowest BCUT2D eigenvalue weighted by atomic mass is 9.62. The SMILES string of the molecule is CC1(C)c2ccccc2-c2ccc(-c3ccc(CC(c4ccc(-c5ccccc5)cc4)c4ccc(-c5cccc6c5C5=C(C(c7ccc(-c8ccccc8)cc7)=C(c7ccc(-c8ccccc8)cc7)C5)C65c6ccccc6C6=CC=CCC65)cc4)cc3)cc21. The first-order valence-electron chi connectivity index (χ1n) is 31.9. The van der Waals surface area contributed by atoms with Crippen LogP contribution in [0.2, 0.25) is 0 Å². The van der Waals surface area contributed by atoms with Gasteiger partial charge in [-0.2, -0.15) is 0 Å². The molecule has 0 bridgehead atoms. The Morgan fingerprint density at radius 1 is 0.360 bits per heavy atom. The molecule has 0 fully saturated rings. The van der Waals surface area contributed by atoms with E-state index < -0.39 is 5.41 Å². The van der Waals surface area contributed by atoms with Crippen LogP contribution in [0, 0.1) is 5.92 Å². The highest BCUT2D eigenvalue weighted by Gasteiger charge is 2.60. The summed E-state index contributed by atoms with van der Waals surface area (Å²) in [7, 11) is 0. The second kappa shape index (κ2) is 21.2. The minimum Gasteiger partial charge on any atom is -0.0839 e. The molecule has 89 heavy (non-hydrogen) atoms. The van der Waals surface area contributed by atoms with Gasteiger partial charge < -0.3 is 0 Å². The molecule has 0 heteroatoms. The third-order valence-electron chi connectivity index (χ3n) is 20.7. The van der Waals surface area contributed by atoms with Crippen molar-refractivity contribution in [1.82, 2.24) is 0 Å². The van der Waals surface area contributed by atoms with Crippen molar-refractivity contribution < 1.29 is 0 Å². The van der Waals surface area contributed by atoms with Gasteiger partial charge in [0.25, 0.3) is 0 Å². The van der Waals surface area contributed by atoms with Crippen molar-refractivity contribution in [2.24, 2.45) is 5.92 Å². The maximum Gasteiger partial charge on any atom is 0.0544 e. The summed E-state index contributed by atoms with van der Waals surface area (Å²) in [4.78, 5) is 0. The van der Waals surface area contributed by atoms with E-state index in [4.69, 9.17) is 0 Å². The quantitative estimate of drug-likeness (QED) is 0.121. The van der Waals surface area contributed by atoms with Crippen molar-refractivity contribution in [2.75, 3.05) is 0 Å². The Bertz CT molecular complexity index is 4860. The van der Waals surface area contributed by atoms with Gasteiger partial charge >= 0.3 is 0 Å². The average Bonchev–Trinajstić information content (AvgIpc) is 1.50. The molecule has 0 saturated carbocycles. The summed E-state index contributed by atoms with van der Waals surface area (Å²) in [6.07, 6.45) is 9.82. The largest absolute Gasteiger partial charge is 0.0839 e. The molecule has 1 spiro atoms. The minimum atomic E-state index is -0.414. The molecule has 17 rings (SSSR count). The van der Waals surface area contributed by atoms with E-state index in [-0.39, 0.29) is 17.3 Å². The summed E-state index contributed by atoms with van der Waals surface area (Å²) < 4.78 is 0. The molecule has 0 saturated heterocycles. The molecule has 0 aliphatic heterocycles. The smallest absolute Gasteiger partial charge is 0.0544 e. The molecule has 12 aromatic rings. The summed E-state index contributed by atoms with van der Waals surface area (Å²) in [5, 5.41) is 0. The molecule has 0 amide bonds. The van der Waals surface area contributed by atoms with Crippen molar-refractivity contribution in [3.63, 3.8) is 0 Å². The fourth-order valence-electron chi connectivity index (χ4n) is 16.4. The molecule has 5 aliphatic rings. The summed E-state index contributed by atoms with van der Waals surface area (Å²) >= 11 is 0.